The monoisotopic (exact) mass is 612 g/mol. The van der Waals surface area contributed by atoms with Gasteiger partial charge in [-0.25, -0.2) is 15.1 Å². The quantitative estimate of drug-likeness (QED) is 0.0619. The van der Waals surface area contributed by atoms with Crippen molar-refractivity contribution in [1.29, 1.82) is 0 Å². The van der Waals surface area contributed by atoms with Gasteiger partial charge in [0, 0.05) is 6.54 Å². The molecule has 0 unspecified atom stereocenters. The number of hydrogen-bond acceptors (Lipinski definition) is 7. The molecule has 242 valence electrons. The maximum absolute atomic E-state index is 13.9. The maximum atomic E-state index is 13.9. The first-order valence-electron chi connectivity index (χ1n) is 16.0. The van der Waals surface area contributed by atoms with Gasteiger partial charge in [0.1, 0.15) is 6.04 Å². The lowest BCUT2D eigenvalue weighted by Crippen LogP contribution is -2.65. The largest absolute Gasteiger partial charge is 0.481 e. The summed E-state index contributed by atoms with van der Waals surface area (Å²) in [6.07, 6.45) is 3.90. The third-order valence-electron chi connectivity index (χ3n) is 10.0. The van der Waals surface area contributed by atoms with E-state index < -0.39 is 35.7 Å². The molecule has 13 heteroatoms. The Balaban J connectivity index is 1.49. The molecule has 1 aliphatic heterocycles. The molecule has 4 aliphatic rings. The van der Waals surface area contributed by atoms with E-state index in [1.165, 1.54) is 0 Å². The number of hydrazine groups is 1. The standard InChI is InChI=1S/C31H49BN6O6/c1-7-22(20-12-9-8-10-13-20)27(39)35-23(14-11-15-34-29(33)37-38(41)42)28(40)36-26(16-19(2)3)32-43-25-18-21-17-24(30(21,4)5)31(25,6)44-32/h8-10,12-13,19,21-26H,7,11,14-18H2,1-6H3,(H,35,39)(H,36,40)(H3,33,34,37)/t21-,22+,23-,24-,25+,26-,31-/m0/s1. The number of nitrogens with zero attached hydrogens (tertiary/aromatic N) is 2. The summed E-state index contributed by atoms with van der Waals surface area (Å²) >= 11 is 0. The van der Waals surface area contributed by atoms with Crippen LogP contribution in [0.15, 0.2) is 35.3 Å². The van der Waals surface area contributed by atoms with Gasteiger partial charge in [0.15, 0.2) is 5.03 Å². The number of hydrogen-bond donors (Lipinski definition) is 4. The lowest BCUT2D eigenvalue weighted by Gasteiger charge is -2.64. The molecule has 4 fully saturated rings. The molecular weight excluding hydrogens is 563 g/mol. The third-order valence-corrected chi connectivity index (χ3v) is 10.0. The SMILES string of the molecule is CC[C@@H](C(=O)N[C@@H](CCCN=C(N)N[N+](=O)[O-])C(=O)N[C@@H](CC(C)C)B1O[C@@H]2C[C@@H]3C[C@@H](C3(C)C)[C@]2(C)O1)c1ccccc1. The van der Waals surface area contributed by atoms with E-state index in [-0.39, 0.29) is 48.2 Å². The van der Waals surface area contributed by atoms with Gasteiger partial charge in [-0.15, -0.1) is 0 Å². The Morgan fingerprint density at radius 1 is 1.16 bits per heavy atom. The summed E-state index contributed by atoms with van der Waals surface area (Å²) in [6.45, 7) is 13.1. The average molecular weight is 613 g/mol. The molecule has 1 aromatic carbocycles. The van der Waals surface area contributed by atoms with Crippen molar-refractivity contribution in [3.63, 3.8) is 0 Å². The Morgan fingerprint density at radius 2 is 1.86 bits per heavy atom. The molecule has 2 amide bonds. The van der Waals surface area contributed by atoms with E-state index >= 15 is 0 Å². The van der Waals surface area contributed by atoms with Crippen LogP contribution in [-0.4, -0.2) is 60.2 Å². The van der Waals surface area contributed by atoms with Crippen molar-refractivity contribution in [2.24, 2.45) is 33.9 Å². The second-order valence-electron chi connectivity index (χ2n) is 13.8. The lowest BCUT2D eigenvalue weighted by molar-refractivity contribution is -0.525. The van der Waals surface area contributed by atoms with Crippen molar-refractivity contribution in [3.05, 3.63) is 46.0 Å². The minimum absolute atomic E-state index is 0.0152. The maximum Gasteiger partial charge on any atom is 0.481 e. The highest BCUT2D eigenvalue weighted by molar-refractivity contribution is 6.48. The van der Waals surface area contributed by atoms with Gasteiger partial charge in [-0.2, -0.15) is 0 Å². The fraction of sp³-hybridized carbons (Fsp3) is 0.710. The summed E-state index contributed by atoms with van der Waals surface area (Å²) in [7, 11) is -0.590. The minimum atomic E-state index is -0.860. The van der Waals surface area contributed by atoms with Crippen molar-refractivity contribution in [1.82, 2.24) is 16.1 Å². The van der Waals surface area contributed by atoms with E-state index in [1.54, 1.807) is 0 Å². The van der Waals surface area contributed by atoms with Gasteiger partial charge in [0.25, 0.3) is 5.96 Å². The molecule has 5 rings (SSSR count). The van der Waals surface area contributed by atoms with Crippen LogP contribution >= 0.6 is 0 Å². The van der Waals surface area contributed by atoms with Gasteiger partial charge < -0.3 is 25.7 Å². The number of guanidine groups is 1. The van der Waals surface area contributed by atoms with Crippen LogP contribution in [0.4, 0.5) is 0 Å². The number of rotatable bonds is 14. The lowest BCUT2D eigenvalue weighted by atomic mass is 9.43. The van der Waals surface area contributed by atoms with Crippen LogP contribution < -0.4 is 21.8 Å². The van der Waals surface area contributed by atoms with Gasteiger partial charge in [0.05, 0.1) is 23.6 Å². The Kier molecular flexibility index (Phi) is 10.6. The molecule has 0 aromatic heterocycles. The Bertz CT molecular complexity index is 1220. The molecule has 7 atom stereocenters. The highest BCUT2D eigenvalue weighted by Gasteiger charge is 2.68. The fourth-order valence-corrected chi connectivity index (χ4v) is 7.52. The zero-order valence-corrected chi connectivity index (χ0v) is 26.9. The van der Waals surface area contributed by atoms with Crippen LogP contribution in [0.25, 0.3) is 0 Å². The molecule has 0 spiro atoms. The Hall–Kier alpha value is -3.19. The topological polar surface area (TPSA) is 170 Å². The molecule has 12 nitrogen and oxygen atoms in total. The summed E-state index contributed by atoms with van der Waals surface area (Å²) in [4.78, 5) is 42.0. The van der Waals surface area contributed by atoms with E-state index in [9.17, 15) is 19.7 Å². The van der Waals surface area contributed by atoms with Crippen molar-refractivity contribution in [2.45, 2.75) is 110 Å². The minimum Gasteiger partial charge on any atom is -0.404 e. The molecule has 5 N–H and O–H groups in total. The zero-order valence-electron chi connectivity index (χ0n) is 26.9. The van der Waals surface area contributed by atoms with Crippen molar-refractivity contribution in [2.75, 3.05) is 6.54 Å². The average Bonchev–Trinajstić information content (AvgIpc) is 3.32. The van der Waals surface area contributed by atoms with E-state index in [2.05, 4.69) is 50.2 Å². The molecule has 3 aliphatic carbocycles. The molecule has 0 radical (unpaired) electrons. The molecule has 3 saturated carbocycles. The van der Waals surface area contributed by atoms with E-state index in [0.29, 0.717) is 31.1 Å². The van der Waals surface area contributed by atoms with Crippen molar-refractivity contribution >= 4 is 24.9 Å². The number of aliphatic imine (C=N–C) groups is 1. The molecule has 1 saturated heterocycles. The molecule has 2 bridgehead atoms. The second-order valence-corrected chi connectivity index (χ2v) is 13.8. The highest BCUT2D eigenvalue weighted by atomic mass is 16.7. The Morgan fingerprint density at radius 3 is 2.48 bits per heavy atom. The fourth-order valence-electron chi connectivity index (χ4n) is 7.52. The van der Waals surface area contributed by atoms with E-state index in [0.717, 1.165) is 18.4 Å². The molecule has 44 heavy (non-hydrogen) atoms. The number of nitrogens with one attached hydrogen (secondary N) is 3. The zero-order chi connectivity index (χ0) is 32.2. The normalized spacial score (nSPS) is 27.5. The van der Waals surface area contributed by atoms with Gasteiger partial charge in [0.2, 0.25) is 11.8 Å². The van der Waals surface area contributed by atoms with Crippen LogP contribution in [0.2, 0.25) is 0 Å². The summed E-state index contributed by atoms with van der Waals surface area (Å²) in [5.74, 6) is -0.454. The second kappa shape index (κ2) is 13.8. The smallest absolute Gasteiger partial charge is 0.404 e. The predicted octanol–water partition coefficient (Wildman–Crippen LogP) is 3.34. The van der Waals surface area contributed by atoms with Crippen molar-refractivity contribution < 1.29 is 23.9 Å². The van der Waals surface area contributed by atoms with E-state index in [4.69, 9.17) is 15.0 Å². The molecule has 1 aromatic rings. The Labute approximate surface area is 260 Å². The van der Waals surface area contributed by atoms with Gasteiger partial charge >= 0.3 is 7.12 Å². The number of nitrogens with two attached hydrogens (primary N) is 1. The number of carbonyl (C=O) groups excluding carboxylic acids is 2. The van der Waals surface area contributed by atoms with Crippen LogP contribution in [0.1, 0.15) is 91.5 Å². The van der Waals surface area contributed by atoms with Crippen molar-refractivity contribution in [3.8, 4) is 0 Å². The first kappa shape index (κ1) is 33.7. The van der Waals surface area contributed by atoms with Crippen LogP contribution in [0.5, 0.6) is 0 Å². The number of benzene rings is 1. The molecule has 1 heterocycles. The third kappa shape index (κ3) is 7.36. The number of nitro groups is 1. The van der Waals surface area contributed by atoms with Gasteiger partial charge in [-0.1, -0.05) is 70.4 Å². The van der Waals surface area contributed by atoms with Gasteiger partial charge in [-0.3, -0.25) is 9.59 Å². The summed E-state index contributed by atoms with van der Waals surface area (Å²) in [5, 5.41) is 16.0. The summed E-state index contributed by atoms with van der Waals surface area (Å²) in [6, 6.07) is 8.62. The first-order chi connectivity index (χ1) is 20.8. The van der Waals surface area contributed by atoms with Gasteiger partial charge in [-0.05, 0) is 74.2 Å². The molecular formula is C31H49BN6O6. The van der Waals surface area contributed by atoms with Crippen LogP contribution in [0, 0.1) is 33.3 Å². The number of carbonyl (C=O) groups is 2. The van der Waals surface area contributed by atoms with Crippen LogP contribution in [0.3, 0.4) is 0 Å². The first-order valence-corrected chi connectivity index (χ1v) is 16.0. The highest BCUT2D eigenvalue weighted by Crippen LogP contribution is 2.65. The summed E-state index contributed by atoms with van der Waals surface area (Å²) in [5.41, 5.74) is 8.02. The predicted molar refractivity (Wildman–Crippen MR) is 169 cm³/mol. The van der Waals surface area contributed by atoms with Crippen LogP contribution in [-0.2, 0) is 18.9 Å². The van der Waals surface area contributed by atoms with E-state index in [1.807, 2.05) is 42.7 Å². The number of amides is 2. The summed E-state index contributed by atoms with van der Waals surface area (Å²) < 4.78 is 13.3.